The molecule has 1 aliphatic rings. The van der Waals surface area contributed by atoms with E-state index in [0.717, 1.165) is 0 Å². The molecule has 2 aromatic carbocycles. The van der Waals surface area contributed by atoms with Crippen molar-refractivity contribution in [2.45, 2.75) is 47.0 Å². The fourth-order valence-corrected chi connectivity index (χ4v) is 7.24. The van der Waals surface area contributed by atoms with E-state index >= 15 is 0 Å². The summed E-state index contributed by atoms with van der Waals surface area (Å²) in [6, 6.07) is 13.5. The van der Waals surface area contributed by atoms with Gasteiger partial charge in [0.25, 0.3) is 0 Å². The van der Waals surface area contributed by atoms with E-state index in [1.807, 2.05) is 22.7 Å². The van der Waals surface area contributed by atoms with Crippen LogP contribution in [0.1, 0.15) is 51.3 Å². The molecular formula is C25H24S2. The van der Waals surface area contributed by atoms with Gasteiger partial charge in [-0.2, -0.15) is 0 Å². The summed E-state index contributed by atoms with van der Waals surface area (Å²) in [5, 5.41) is 2.98. The summed E-state index contributed by atoms with van der Waals surface area (Å²) in [5.74, 6) is 0. The Balaban J connectivity index is 1.86. The summed E-state index contributed by atoms with van der Waals surface area (Å²) in [4.78, 5) is 2.95. The van der Waals surface area contributed by atoms with Gasteiger partial charge in [0.1, 0.15) is 0 Å². The molecule has 2 aromatic heterocycles. The minimum Gasteiger partial charge on any atom is -0.140 e. The highest BCUT2D eigenvalue weighted by molar-refractivity contribution is 7.19. The molecule has 0 spiro atoms. The van der Waals surface area contributed by atoms with E-state index in [4.69, 9.17) is 0 Å². The van der Waals surface area contributed by atoms with Crippen molar-refractivity contribution >= 4 is 54.0 Å². The highest BCUT2D eigenvalue weighted by atomic mass is 32.1. The van der Waals surface area contributed by atoms with Gasteiger partial charge in [-0.25, -0.2) is 0 Å². The summed E-state index contributed by atoms with van der Waals surface area (Å²) in [6.07, 6.45) is 3.69. The Bertz CT molecular complexity index is 1130. The molecule has 0 saturated heterocycles. The Kier molecular flexibility index (Phi) is 4.03. The maximum absolute atomic E-state index is 2.31. The van der Waals surface area contributed by atoms with Crippen LogP contribution in [0.25, 0.3) is 31.3 Å². The van der Waals surface area contributed by atoms with Gasteiger partial charge in [0.2, 0.25) is 0 Å². The third-order valence-electron chi connectivity index (χ3n) is 6.02. The lowest BCUT2D eigenvalue weighted by atomic mass is 9.91. The van der Waals surface area contributed by atoms with E-state index < -0.39 is 0 Å². The van der Waals surface area contributed by atoms with Gasteiger partial charge in [-0.15, -0.1) is 22.7 Å². The van der Waals surface area contributed by atoms with Gasteiger partial charge in [-0.1, -0.05) is 24.3 Å². The molecule has 1 aliphatic carbocycles. The van der Waals surface area contributed by atoms with Gasteiger partial charge >= 0.3 is 0 Å². The number of hydrogen-bond acceptors (Lipinski definition) is 2. The van der Waals surface area contributed by atoms with Crippen LogP contribution < -0.4 is 0 Å². The number of hydrogen-bond donors (Lipinski definition) is 0. The predicted molar refractivity (Wildman–Crippen MR) is 123 cm³/mol. The predicted octanol–water partition coefficient (Wildman–Crippen LogP) is 8.44. The molecule has 5 rings (SSSR count). The number of thiophene rings is 2. The quantitative estimate of drug-likeness (QED) is 0.323. The SMILES string of the molecule is Cc1sc2cccc(C)c2c1C1=C(c2c(C)sc3cccc(C)c23)CCC1. The first-order valence-corrected chi connectivity index (χ1v) is 11.4. The maximum atomic E-state index is 2.31. The molecule has 0 amide bonds. The van der Waals surface area contributed by atoms with Gasteiger partial charge in [0.15, 0.2) is 0 Å². The van der Waals surface area contributed by atoms with Gasteiger partial charge < -0.3 is 0 Å². The third-order valence-corrected chi connectivity index (χ3v) is 8.16. The largest absolute Gasteiger partial charge is 0.140 e. The summed E-state index contributed by atoms with van der Waals surface area (Å²) in [6.45, 7) is 9.16. The standard InChI is InChI=1S/C25H24S2/c1-14-8-5-12-20-22(14)24(16(3)26-20)18-10-7-11-19(18)25-17(4)27-21-13-6-9-15(2)23(21)25/h5-6,8-9,12-13H,7,10-11H2,1-4H3. The average molecular weight is 389 g/mol. The van der Waals surface area contributed by atoms with E-state index in [9.17, 15) is 0 Å². The summed E-state index contributed by atoms with van der Waals surface area (Å²) >= 11 is 3.92. The monoisotopic (exact) mass is 388 g/mol. The average Bonchev–Trinajstić information content (AvgIpc) is 3.29. The molecule has 0 saturated carbocycles. The second kappa shape index (κ2) is 6.32. The molecule has 0 nitrogen and oxygen atoms in total. The molecule has 2 heterocycles. The molecule has 4 aromatic rings. The lowest BCUT2D eigenvalue weighted by molar-refractivity contribution is 0.942. The molecular weight excluding hydrogens is 364 g/mol. The van der Waals surface area contributed by atoms with E-state index in [2.05, 4.69) is 64.1 Å². The van der Waals surface area contributed by atoms with E-state index in [1.165, 1.54) is 71.4 Å². The Morgan fingerprint density at radius 3 is 1.52 bits per heavy atom. The smallest absolute Gasteiger partial charge is 0.0354 e. The second-order valence-corrected chi connectivity index (χ2v) is 10.3. The van der Waals surface area contributed by atoms with Crippen LogP contribution in [-0.4, -0.2) is 0 Å². The van der Waals surface area contributed by atoms with Crippen molar-refractivity contribution in [1.29, 1.82) is 0 Å². The zero-order valence-corrected chi connectivity index (χ0v) is 18.0. The highest BCUT2D eigenvalue weighted by Gasteiger charge is 2.26. The Morgan fingerprint density at radius 1 is 0.630 bits per heavy atom. The molecule has 0 aliphatic heterocycles. The first-order valence-electron chi connectivity index (χ1n) is 9.76. The number of rotatable bonds is 2. The topological polar surface area (TPSA) is 0 Å². The van der Waals surface area contributed by atoms with E-state index in [1.54, 1.807) is 11.1 Å². The number of fused-ring (bicyclic) bond motifs is 2. The van der Waals surface area contributed by atoms with Crippen LogP contribution in [-0.2, 0) is 0 Å². The zero-order valence-electron chi connectivity index (χ0n) is 16.4. The second-order valence-electron chi connectivity index (χ2n) is 7.77. The van der Waals surface area contributed by atoms with Crippen LogP contribution in [0.5, 0.6) is 0 Å². The summed E-state index contributed by atoms with van der Waals surface area (Å²) < 4.78 is 2.87. The van der Waals surface area contributed by atoms with Gasteiger partial charge in [-0.05, 0) is 92.5 Å². The molecule has 27 heavy (non-hydrogen) atoms. The molecule has 0 radical (unpaired) electrons. The Hall–Kier alpha value is -1.90. The van der Waals surface area contributed by atoms with E-state index in [-0.39, 0.29) is 0 Å². The zero-order chi connectivity index (χ0) is 18.7. The number of benzene rings is 2. The normalized spacial score (nSPS) is 14.8. The van der Waals surface area contributed by atoms with Crippen LogP contribution in [0, 0.1) is 27.7 Å². The molecule has 136 valence electrons. The molecule has 0 unspecified atom stereocenters. The van der Waals surface area contributed by atoms with Crippen LogP contribution in [0.4, 0.5) is 0 Å². The maximum Gasteiger partial charge on any atom is 0.0354 e. The fourth-order valence-electron chi connectivity index (χ4n) is 4.90. The van der Waals surface area contributed by atoms with Crippen LogP contribution in [0.3, 0.4) is 0 Å². The lowest BCUT2D eigenvalue weighted by Gasteiger charge is -2.12. The molecule has 2 heteroatoms. The molecule has 0 atom stereocenters. The Labute approximate surface area is 169 Å². The van der Waals surface area contributed by atoms with Crippen molar-refractivity contribution in [2.75, 3.05) is 0 Å². The number of aryl methyl sites for hydroxylation is 4. The third kappa shape index (κ3) is 2.54. The number of allylic oxidation sites excluding steroid dienone is 2. The van der Waals surface area contributed by atoms with Crippen LogP contribution in [0.2, 0.25) is 0 Å². The van der Waals surface area contributed by atoms with E-state index in [0.29, 0.717) is 0 Å². The fraction of sp³-hybridized carbons (Fsp3) is 0.280. The molecule has 0 fully saturated rings. The van der Waals surface area contributed by atoms with Gasteiger partial charge in [0, 0.05) is 29.9 Å². The van der Waals surface area contributed by atoms with Crippen LogP contribution in [0.15, 0.2) is 36.4 Å². The van der Waals surface area contributed by atoms with Gasteiger partial charge in [0.05, 0.1) is 0 Å². The first kappa shape index (κ1) is 17.2. The minimum absolute atomic E-state index is 1.21. The van der Waals surface area contributed by atoms with Crippen molar-refractivity contribution in [1.82, 2.24) is 0 Å². The van der Waals surface area contributed by atoms with Crippen molar-refractivity contribution in [3.8, 4) is 0 Å². The summed E-state index contributed by atoms with van der Waals surface area (Å²) in [5.41, 5.74) is 9.11. The van der Waals surface area contributed by atoms with Crippen molar-refractivity contribution < 1.29 is 0 Å². The Morgan fingerprint density at radius 2 is 1.07 bits per heavy atom. The van der Waals surface area contributed by atoms with Crippen LogP contribution >= 0.6 is 22.7 Å². The molecule has 0 bridgehead atoms. The summed E-state index contributed by atoms with van der Waals surface area (Å²) in [7, 11) is 0. The molecule has 0 N–H and O–H groups in total. The van der Waals surface area contributed by atoms with Gasteiger partial charge in [-0.3, -0.25) is 0 Å². The van der Waals surface area contributed by atoms with Crippen molar-refractivity contribution in [3.63, 3.8) is 0 Å². The first-order chi connectivity index (χ1) is 13.1. The van der Waals surface area contributed by atoms with Crippen molar-refractivity contribution in [3.05, 3.63) is 68.4 Å². The lowest BCUT2D eigenvalue weighted by Crippen LogP contribution is -1.90. The minimum atomic E-state index is 1.21. The highest BCUT2D eigenvalue weighted by Crippen LogP contribution is 2.49. The van der Waals surface area contributed by atoms with Crippen molar-refractivity contribution in [2.24, 2.45) is 0 Å².